The minimum Gasteiger partial charge on any atom is -0.384 e. The summed E-state index contributed by atoms with van der Waals surface area (Å²) in [5, 5.41) is 0.651. The molecular formula is C15H16ClN3O. The molecule has 5 heteroatoms. The van der Waals surface area contributed by atoms with Gasteiger partial charge in [0, 0.05) is 29.9 Å². The second kappa shape index (κ2) is 5.92. The SMILES string of the molecule is Cc1cc(C(=O)N(C)Cc2ccccc2Cl)cc(N)n1. The lowest BCUT2D eigenvalue weighted by molar-refractivity contribution is 0.0785. The van der Waals surface area contributed by atoms with Crippen molar-refractivity contribution in [2.24, 2.45) is 0 Å². The summed E-state index contributed by atoms with van der Waals surface area (Å²) in [6.45, 7) is 2.25. The summed E-state index contributed by atoms with van der Waals surface area (Å²) in [5.74, 6) is 0.238. The van der Waals surface area contributed by atoms with Crippen LogP contribution in [0.2, 0.25) is 5.02 Å². The average molecular weight is 290 g/mol. The van der Waals surface area contributed by atoms with E-state index >= 15 is 0 Å². The van der Waals surface area contributed by atoms with Crippen LogP contribution in [0.1, 0.15) is 21.6 Å². The van der Waals surface area contributed by atoms with Crippen molar-refractivity contribution in [1.82, 2.24) is 9.88 Å². The zero-order valence-electron chi connectivity index (χ0n) is 11.4. The van der Waals surface area contributed by atoms with E-state index in [4.69, 9.17) is 17.3 Å². The molecule has 0 aliphatic rings. The lowest BCUT2D eigenvalue weighted by Gasteiger charge is -2.18. The van der Waals surface area contributed by atoms with Crippen molar-refractivity contribution in [3.05, 3.63) is 58.2 Å². The van der Waals surface area contributed by atoms with Crippen molar-refractivity contribution in [3.63, 3.8) is 0 Å². The number of hydrogen-bond acceptors (Lipinski definition) is 3. The fraction of sp³-hybridized carbons (Fsp3) is 0.200. The number of carbonyl (C=O) groups is 1. The normalized spacial score (nSPS) is 10.3. The molecule has 0 atom stereocenters. The molecule has 0 saturated heterocycles. The minimum atomic E-state index is -0.109. The van der Waals surface area contributed by atoms with Crippen molar-refractivity contribution < 1.29 is 4.79 Å². The lowest BCUT2D eigenvalue weighted by atomic mass is 10.1. The van der Waals surface area contributed by atoms with Crippen LogP contribution in [0.4, 0.5) is 5.82 Å². The van der Waals surface area contributed by atoms with Crippen molar-refractivity contribution in [2.75, 3.05) is 12.8 Å². The topological polar surface area (TPSA) is 59.2 Å². The maximum absolute atomic E-state index is 12.4. The molecule has 0 radical (unpaired) electrons. The first-order valence-corrected chi connectivity index (χ1v) is 6.58. The Hall–Kier alpha value is -2.07. The molecule has 2 aromatic rings. The van der Waals surface area contributed by atoms with Crippen LogP contribution in [-0.4, -0.2) is 22.8 Å². The van der Waals surface area contributed by atoms with E-state index in [1.807, 2.05) is 24.3 Å². The Kier molecular flexibility index (Phi) is 4.25. The van der Waals surface area contributed by atoms with Gasteiger partial charge in [0.1, 0.15) is 5.82 Å². The number of nitrogen functional groups attached to an aromatic ring is 1. The average Bonchev–Trinajstić information content (AvgIpc) is 2.39. The highest BCUT2D eigenvalue weighted by Crippen LogP contribution is 2.18. The van der Waals surface area contributed by atoms with Crippen LogP contribution in [0.25, 0.3) is 0 Å². The number of benzene rings is 1. The molecule has 0 aliphatic heterocycles. The van der Waals surface area contributed by atoms with Gasteiger partial charge in [-0.25, -0.2) is 4.98 Å². The molecule has 0 saturated carbocycles. The van der Waals surface area contributed by atoms with Gasteiger partial charge in [0.15, 0.2) is 0 Å². The Labute approximate surface area is 123 Å². The molecule has 1 aromatic heterocycles. The number of pyridine rings is 1. The largest absolute Gasteiger partial charge is 0.384 e. The second-order valence-electron chi connectivity index (χ2n) is 4.67. The highest BCUT2D eigenvalue weighted by Gasteiger charge is 2.14. The number of rotatable bonds is 3. The van der Waals surface area contributed by atoms with Gasteiger partial charge in [-0.3, -0.25) is 4.79 Å². The Morgan fingerprint density at radius 1 is 1.35 bits per heavy atom. The van der Waals surface area contributed by atoms with Gasteiger partial charge in [0.25, 0.3) is 5.91 Å². The zero-order chi connectivity index (χ0) is 14.7. The Balaban J connectivity index is 2.18. The van der Waals surface area contributed by atoms with Crippen LogP contribution in [0, 0.1) is 6.92 Å². The minimum absolute atomic E-state index is 0.109. The second-order valence-corrected chi connectivity index (χ2v) is 5.08. The molecule has 20 heavy (non-hydrogen) atoms. The summed E-state index contributed by atoms with van der Waals surface area (Å²) in [4.78, 5) is 18.0. The first-order valence-electron chi connectivity index (χ1n) is 6.20. The molecule has 1 amide bonds. The van der Waals surface area contributed by atoms with Gasteiger partial charge in [-0.2, -0.15) is 0 Å². The van der Waals surface area contributed by atoms with Gasteiger partial charge in [0.05, 0.1) is 0 Å². The van der Waals surface area contributed by atoms with Gasteiger partial charge < -0.3 is 10.6 Å². The summed E-state index contributed by atoms with van der Waals surface area (Å²) in [7, 11) is 1.73. The number of halogens is 1. The van der Waals surface area contributed by atoms with E-state index in [0.717, 1.165) is 11.3 Å². The van der Waals surface area contributed by atoms with E-state index in [0.29, 0.717) is 22.9 Å². The van der Waals surface area contributed by atoms with Crippen molar-refractivity contribution in [2.45, 2.75) is 13.5 Å². The Morgan fingerprint density at radius 2 is 2.05 bits per heavy atom. The van der Waals surface area contributed by atoms with E-state index < -0.39 is 0 Å². The van der Waals surface area contributed by atoms with Crippen LogP contribution < -0.4 is 5.73 Å². The highest BCUT2D eigenvalue weighted by molar-refractivity contribution is 6.31. The van der Waals surface area contributed by atoms with Crippen molar-refractivity contribution >= 4 is 23.3 Å². The van der Waals surface area contributed by atoms with E-state index in [2.05, 4.69) is 4.98 Å². The zero-order valence-corrected chi connectivity index (χ0v) is 12.2. The number of nitrogens with two attached hydrogens (primary N) is 1. The summed E-state index contributed by atoms with van der Waals surface area (Å²) in [6.07, 6.45) is 0. The summed E-state index contributed by atoms with van der Waals surface area (Å²) in [6, 6.07) is 10.8. The fourth-order valence-corrected chi connectivity index (χ4v) is 2.19. The predicted octanol–water partition coefficient (Wildman–Crippen LogP) is 2.90. The van der Waals surface area contributed by atoms with Gasteiger partial charge in [-0.05, 0) is 30.7 Å². The van der Waals surface area contributed by atoms with E-state index in [1.165, 1.54) is 0 Å². The molecule has 0 aliphatic carbocycles. The van der Waals surface area contributed by atoms with E-state index in [9.17, 15) is 4.79 Å². The molecule has 104 valence electrons. The van der Waals surface area contributed by atoms with Gasteiger partial charge in [-0.1, -0.05) is 29.8 Å². The molecule has 0 fully saturated rings. The standard InChI is InChI=1S/C15H16ClN3O/c1-10-7-12(8-14(17)18-10)15(20)19(2)9-11-5-3-4-6-13(11)16/h3-8H,9H2,1-2H3,(H2,17,18). The maximum atomic E-state index is 12.4. The number of aryl methyl sites for hydroxylation is 1. The number of anilines is 1. The first kappa shape index (κ1) is 14.3. The Morgan fingerprint density at radius 3 is 2.70 bits per heavy atom. The molecule has 1 heterocycles. The van der Waals surface area contributed by atoms with E-state index in [1.54, 1.807) is 31.0 Å². The third-order valence-electron chi connectivity index (χ3n) is 2.93. The molecule has 0 unspecified atom stereocenters. The quantitative estimate of drug-likeness (QED) is 0.945. The van der Waals surface area contributed by atoms with Gasteiger partial charge in [-0.15, -0.1) is 0 Å². The molecule has 4 nitrogen and oxygen atoms in total. The molecule has 2 rings (SSSR count). The van der Waals surface area contributed by atoms with E-state index in [-0.39, 0.29) is 5.91 Å². The molecule has 0 bridgehead atoms. The smallest absolute Gasteiger partial charge is 0.254 e. The van der Waals surface area contributed by atoms with Crippen LogP contribution in [0.15, 0.2) is 36.4 Å². The first-order chi connectivity index (χ1) is 9.47. The van der Waals surface area contributed by atoms with Crippen molar-refractivity contribution in [3.8, 4) is 0 Å². The summed E-state index contributed by atoms with van der Waals surface area (Å²) >= 11 is 6.10. The molecular weight excluding hydrogens is 274 g/mol. The third-order valence-corrected chi connectivity index (χ3v) is 3.30. The van der Waals surface area contributed by atoms with Gasteiger partial charge >= 0.3 is 0 Å². The monoisotopic (exact) mass is 289 g/mol. The molecule has 0 spiro atoms. The van der Waals surface area contributed by atoms with Crippen LogP contribution in [0.3, 0.4) is 0 Å². The van der Waals surface area contributed by atoms with Crippen LogP contribution >= 0.6 is 11.6 Å². The number of aromatic nitrogens is 1. The number of carbonyl (C=O) groups excluding carboxylic acids is 1. The number of nitrogens with zero attached hydrogens (tertiary/aromatic N) is 2. The number of amides is 1. The van der Waals surface area contributed by atoms with Crippen LogP contribution in [0.5, 0.6) is 0 Å². The lowest BCUT2D eigenvalue weighted by Crippen LogP contribution is -2.26. The molecule has 2 N–H and O–H groups in total. The predicted molar refractivity (Wildman–Crippen MR) is 80.6 cm³/mol. The summed E-state index contributed by atoms with van der Waals surface area (Å²) in [5.41, 5.74) is 7.83. The van der Waals surface area contributed by atoms with Crippen molar-refractivity contribution in [1.29, 1.82) is 0 Å². The highest BCUT2D eigenvalue weighted by atomic mass is 35.5. The van der Waals surface area contributed by atoms with Crippen LogP contribution in [-0.2, 0) is 6.54 Å². The molecule has 1 aromatic carbocycles. The maximum Gasteiger partial charge on any atom is 0.254 e. The van der Waals surface area contributed by atoms with Gasteiger partial charge in [0.2, 0.25) is 0 Å². The Bertz CT molecular complexity index is 623. The fourth-order valence-electron chi connectivity index (χ4n) is 1.99. The third kappa shape index (κ3) is 3.27. The number of hydrogen-bond donors (Lipinski definition) is 1. The summed E-state index contributed by atoms with van der Waals surface area (Å²) < 4.78 is 0.